The first-order valence-corrected chi connectivity index (χ1v) is 9.83. The third-order valence-electron chi connectivity index (χ3n) is 4.34. The second-order valence-electron chi connectivity index (χ2n) is 6.58. The van der Waals surface area contributed by atoms with Crippen LogP contribution in [-0.4, -0.2) is 22.4 Å². The molecule has 0 saturated heterocycles. The summed E-state index contributed by atoms with van der Waals surface area (Å²) in [6, 6.07) is 15.3. The Morgan fingerprint density at radius 1 is 1.00 bits per heavy atom. The molecular formula is C22H21Cl2N3O. The molecule has 0 aliphatic carbocycles. The van der Waals surface area contributed by atoms with Crippen LogP contribution >= 0.6 is 23.2 Å². The lowest BCUT2D eigenvalue weighted by Gasteiger charge is -2.13. The van der Waals surface area contributed by atoms with Gasteiger partial charge in [-0.05, 0) is 50.5 Å². The van der Waals surface area contributed by atoms with Crippen LogP contribution < -0.4 is 5.32 Å². The van der Waals surface area contributed by atoms with Gasteiger partial charge in [-0.2, -0.15) is 0 Å². The maximum Gasteiger partial charge on any atom is 0.255 e. The fourth-order valence-corrected chi connectivity index (χ4v) is 3.64. The lowest BCUT2D eigenvalue weighted by molar-refractivity contribution is 0.0952. The number of aromatic nitrogens is 2. The Kier molecular flexibility index (Phi) is 6.65. The van der Waals surface area contributed by atoms with E-state index in [1.54, 1.807) is 25.1 Å². The van der Waals surface area contributed by atoms with Crippen LogP contribution in [0.3, 0.4) is 0 Å². The predicted molar refractivity (Wildman–Crippen MR) is 114 cm³/mol. The quantitative estimate of drug-likeness (QED) is 0.548. The van der Waals surface area contributed by atoms with Crippen molar-refractivity contribution in [1.29, 1.82) is 0 Å². The molecule has 0 radical (unpaired) electrons. The van der Waals surface area contributed by atoms with Crippen molar-refractivity contribution in [3.8, 4) is 11.3 Å². The van der Waals surface area contributed by atoms with Crippen molar-refractivity contribution >= 4 is 29.1 Å². The molecule has 1 heterocycles. The lowest BCUT2D eigenvalue weighted by atomic mass is 10.0. The van der Waals surface area contributed by atoms with E-state index in [1.165, 1.54) is 5.56 Å². The summed E-state index contributed by atoms with van der Waals surface area (Å²) in [5, 5.41) is 3.97. The molecule has 0 bridgehead atoms. The summed E-state index contributed by atoms with van der Waals surface area (Å²) in [6.07, 6.45) is 1.75. The summed E-state index contributed by atoms with van der Waals surface area (Å²) in [5.41, 5.74) is 3.55. The summed E-state index contributed by atoms with van der Waals surface area (Å²) >= 11 is 12.3. The highest BCUT2D eigenvalue weighted by molar-refractivity contribution is 6.35. The standard InChI is InChI=1S/C22H21Cl2N3O/c1-14-20(22(28)25-10-6-9-16-7-4-3-5-8-16)21(27-15(2)26-14)17-11-18(23)13-19(24)12-17/h3-5,7-8,11-13H,6,9-10H2,1-2H3,(H,25,28). The Hall–Kier alpha value is -2.43. The molecule has 6 heteroatoms. The minimum atomic E-state index is -0.198. The largest absolute Gasteiger partial charge is 0.352 e. The number of carbonyl (C=O) groups is 1. The smallest absolute Gasteiger partial charge is 0.255 e. The summed E-state index contributed by atoms with van der Waals surface area (Å²) in [5.74, 6) is 0.390. The Labute approximate surface area is 174 Å². The van der Waals surface area contributed by atoms with E-state index in [0.29, 0.717) is 44.9 Å². The summed E-state index contributed by atoms with van der Waals surface area (Å²) in [7, 11) is 0. The number of nitrogens with zero attached hydrogens (tertiary/aromatic N) is 2. The average Bonchev–Trinajstić information content (AvgIpc) is 2.64. The third kappa shape index (κ3) is 5.09. The molecule has 0 aliphatic rings. The Balaban J connectivity index is 1.79. The van der Waals surface area contributed by atoms with Crippen molar-refractivity contribution in [2.24, 2.45) is 0 Å². The molecule has 0 spiro atoms. The zero-order valence-electron chi connectivity index (χ0n) is 15.8. The van der Waals surface area contributed by atoms with E-state index in [4.69, 9.17) is 23.2 Å². The van der Waals surface area contributed by atoms with E-state index >= 15 is 0 Å². The van der Waals surface area contributed by atoms with Gasteiger partial charge in [0.2, 0.25) is 0 Å². The molecule has 3 rings (SSSR count). The predicted octanol–water partition coefficient (Wildman–Crippen LogP) is 5.43. The van der Waals surface area contributed by atoms with Crippen LogP contribution in [0.15, 0.2) is 48.5 Å². The van der Waals surface area contributed by atoms with Gasteiger partial charge in [0.25, 0.3) is 5.91 Å². The zero-order valence-corrected chi connectivity index (χ0v) is 17.3. The minimum absolute atomic E-state index is 0.198. The lowest BCUT2D eigenvalue weighted by Crippen LogP contribution is -2.27. The topological polar surface area (TPSA) is 54.9 Å². The molecule has 1 amide bonds. The normalized spacial score (nSPS) is 10.7. The fraction of sp³-hybridized carbons (Fsp3) is 0.227. The van der Waals surface area contributed by atoms with Crippen molar-refractivity contribution in [3.05, 3.63) is 81.2 Å². The van der Waals surface area contributed by atoms with Gasteiger partial charge in [-0.15, -0.1) is 0 Å². The Bertz CT molecular complexity index is 970. The van der Waals surface area contributed by atoms with E-state index in [1.807, 2.05) is 25.1 Å². The molecule has 4 nitrogen and oxygen atoms in total. The SMILES string of the molecule is Cc1nc(C)c(C(=O)NCCCc2ccccc2)c(-c2cc(Cl)cc(Cl)c2)n1. The van der Waals surface area contributed by atoms with E-state index in [2.05, 4.69) is 27.4 Å². The molecule has 0 aliphatic heterocycles. The number of halogens is 2. The molecule has 0 unspecified atom stereocenters. The monoisotopic (exact) mass is 413 g/mol. The molecular weight excluding hydrogens is 393 g/mol. The van der Waals surface area contributed by atoms with E-state index in [-0.39, 0.29) is 5.91 Å². The molecule has 0 fully saturated rings. The number of benzene rings is 2. The molecule has 0 saturated carbocycles. The van der Waals surface area contributed by atoms with Crippen LogP contribution in [0.2, 0.25) is 10.0 Å². The maximum absolute atomic E-state index is 12.9. The molecule has 2 aromatic carbocycles. The van der Waals surface area contributed by atoms with Crippen LogP contribution in [0, 0.1) is 13.8 Å². The molecule has 1 aromatic heterocycles. The molecule has 0 atom stereocenters. The first-order valence-electron chi connectivity index (χ1n) is 9.08. The maximum atomic E-state index is 12.9. The molecule has 28 heavy (non-hydrogen) atoms. The van der Waals surface area contributed by atoms with Crippen LogP contribution in [0.4, 0.5) is 0 Å². The number of carbonyl (C=O) groups excluding carboxylic acids is 1. The van der Waals surface area contributed by atoms with Crippen molar-refractivity contribution in [2.75, 3.05) is 6.54 Å². The second-order valence-corrected chi connectivity index (χ2v) is 7.46. The summed E-state index contributed by atoms with van der Waals surface area (Å²) in [6.45, 7) is 4.17. The third-order valence-corrected chi connectivity index (χ3v) is 4.77. The first kappa shape index (κ1) is 20.3. The number of nitrogens with one attached hydrogen (secondary N) is 1. The molecule has 3 aromatic rings. The highest BCUT2D eigenvalue weighted by Crippen LogP contribution is 2.29. The fourth-order valence-electron chi connectivity index (χ4n) is 3.11. The van der Waals surface area contributed by atoms with Crippen molar-refractivity contribution < 1.29 is 4.79 Å². The number of hydrogen-bond acceptors (Lipinski definition) is 3. The van der Waals surface area contributed by atoms with Crippen LogP contribution in [0.1, 0.15) is 33.9 Å². The highest BCUT2D eigenvalue weighted by atomic mass is 35.5. The van der Waals surface area contributed by atoms with Crippen LogP contribution in [0.25, 0.3) is 11.3 Å². The van der Waals surface area contributed by atoms with Crippen molar-refractivity contribution in [3.63, 3.8) is 0 Å². The van der Waals surface area contributed by atoms with Gasteiger partial charge >= 0.3 is 0 Å². The van der Waals surface area contributed by atoms with Gasteiger partial charge in [0.1, 0.15) is 5.82 Å². The van der Waals surface area contributed by atoms with Gasteiger partial charge in [-0.3, -0.25) is 4.79 Å². The highest BCUT2D eigenvalue weighted by Gasteiger charge is 2.19. The average molecular weight is 414 g/mol. The minimum Gasteiger partial charge on any atom is -0.352 e. The molecule has 1 N–H and O–H groups in total. The number of amides is 1. The van der Waals surface area contributed by atoms with Gasteiger partial charge < -0.3 is 5.32 Å². The van der Waals surface area contributed by atoms with Crippen molar-refractivity contribution in [2.45, 2.75) is 26.7 Å². The van der Waals surface area contributed by atoms with E-state index < -0.39 is 0 Å². The van der Waals surface area contributed by atoms with Crippen LogP contribution in [0.5, 0.6) is 0 Å². The molecule has 144 valence electrons. The number of hydrogen-bond donors (Lipinski definition) is 1. The Morgan fingerprint density at radius 2 is 1.68 bits per heavy atom. The van der Waals surface area contributed by atoms with Crippen molar-refractivity contribution in [1.82, 2.24) is 15.3 Å². The Morgan fingerprint density at radius 3 is 2.36 bits per heavy atom. The van der Waals surface area contributed by atoms with Gasteiger partial charge in [0, 0.05) is 22.2 Å². The van der Waals surface area contributed by atoms with Crippen LogP contribution in [-0.2, 0) is 6.42 Å². The van der Waals surface area contributed by atoms with E-state index in [9.17, 15) is 4.79 Å². The summed E-state index contributed by atoms with van der Waals surface area (Å²) in [4.78, 5) is 21.8. The van der Waals surface area contributed by atoms with Gasteiger partial charge in [-0.25, -0.2) is 9.97 Å². The van der Waals surface area contributed by atoms with E-state index in [0.717, 1.165) is 12.8 Å². The summed E-state index contributed by atoms with van der Waals surface area (Å²) < 4.78 is 0. The number of aryl methyl sites for hydroxylation is 3. The zero-order chi connectivity index (χ0) is 20.1. The van der Waals surface area contributed by atoms with Gasteiger partial charge in [-0.1, -0.05) is 53.5 Å². The van der Waals surface area contributed by atoms with Gasteiger partial charge in [0.15, 0.2) is 0 Å². The second kappa shape index (κ2) is 9.18. The number of rotatable bonds is 6. The van der Waals surface area contributed by atoms with Gasteiger partial charge in [0.05, 0.1) is 17.0 Å². The first-order chi connectivity index (χ1) is 13.4.